The summed E-state index contributed by atoms with van der Waals surface area (Å²) in [7, 11) is 5.75. The van der Waals surface area contributed by atoms with Crippen LogP contribution in [0.1, 0.15) is 46.5 Å². The zero-order valence-corrected chi connectivity index (χ0v) is 40.5. The van der Waals surface area contributed by atoms with Crippen LogP contribution in [0.4, 0.5) is 15.1 Å². The van der Waals surface area contributed by atoms with Gasteiger partial charge in [-0.2, -0.15) is 0 Å². The van der Waals surface area contributed by atoms with Crippen LogP contribution in [0.25, 0.3) is 40.7 Å². The highest BCUT2D eigenvalue weighted by atomic mass is 79.9. The lowest BCUT2D eigenvalue weighted by Crippen LogP contribution is -2.47. The number of anilines is 2. The maximum Gasteiger partial charge on any atom is 0.410 e. The SMILES string of the molecule is CN(c1nc2sc(-c3ncc(Br)cc3O)nc2s1)C1CCNCC1.COCOc1cc(Br)cnc1-c1nc2sc(N(C)C3CCN(C(=O)OC(C)(C)C)CC3)nc2s1.Cl. The van der Waals surface area contributed by atoms with E-state index < -0.39 is 5.60 Å². The van der Waals surface area contributed by atoms with Crippen molar-refractivity contribution in [1.82, 2.24) is 40.1 Å². The molecule has 2 saturated heterocycles. The number of carbonyl (C=O) groups is 1. The summed E-state index contributed by atoms with van der Waals surface area (Å²) in [5, 5.41) is 16.8. The van der Waals surface area contributed by atoms with E-state index in [1.807, 2.05) is 26.8 Å². The first kappa shape index (κ1) is 45.5. The molecule has 0 unspecified atom stereocenters. The zero-order valence-electron chi connectivity index (χ0n) is 33.2. The van der Waals surface area contributed by atoms with E-state index in [0.29, 0.717) is 47.3 Å². The van der Waals surface area contributed by atoms with Crippen molar-refractivity contribution in [1.29, 1.82) is 0 Å². The van der Waals surface area contributed by atoms with E-state index in [0.717, 1.165) is 82.3 Å². The lowest BCUT2D eigenvalue weighted by atomic mass is 10.0. The molecule has 0 atom stereocenters. The fourth-order valence-corrected chi connectivity index (χ4v) is 11.2. The monoisotopic (exact) mass is 1030 g/mol. The maximum absolute atomic E-state index is 12.3. The van der Waals surface area contributed by atoms with Crippen LogP contribution in [0, 0.1) is 0 Å². The van der Waals surface area contributed by atoms with Crippen molar-refractivity contribution in [3.8, 4) is 32.9 Å². The van der Waals surface area contributed by atoms with Gasteiger partial charge in [0.25, 0.3) is 0 Å². The van der Waals surface area contributed by atoms with Gasteiger partial charge >= 0.3 is 6.09 Å². The van der Waals surface area contributed by atoms with Crippen molar-refractivity contribution >= 4 is 125 Å². The van der Waals surface area contributed by atoms with Crippen LogP contribution in [-0.2, 0) is 9.47 Å². The number of amides is 1. The molecule has 2 aliphatic heterocycles. The summed E-state index contributed by atoms with van der Waals surface area (Å²) in [6, 6.07) is 4.32. The molecule has 8 heterocycles. The fraction of sp³-hybridized carbons (Fsp3) is 0.486. The van der Waals surface area contributed by atoms with Crippen molar-refractivity contribution in [2.45, 2.75) is 64.1 Å². The van der Waals surface area contributed by atoms with E-state index in [1.54, 1.807) is 53.1 Å². The number of hydrogen-bond donors (Lipinski definition) is 2. The number of hydrogen-bond acceptors (Lipinski definition) is 18. The first-order chi connectivity index (χ1) is 27.8. The van der Waals surface area contributed by atoms with Crippen molar-refractivity contribution < 1.29 is 24.1 Å². The predicted octanol–water partition coefficient (Wildman–Crippen LogP) is 9.29. The minimum atomic E-state index is -0.481. The van der Waals surface area contributed by atoms with Gasteiger partial charge in [-0.25, -0.2) is 34.7 Å². The van der Waals surface area contributed by atoms with Crippen LogP contribution < -0.4 is 19.9 Å². The van der Waals surface area contributed by atoms with Gasteiger partial charge in [-0.3, -0.25) is 0 Å². The van der Waals surface area contributed by atoms with Gasteiger partial charge in [0, 0.05) is 67.7 Å². The molecule has 318 valence electrons. The highest BCUT2D eigenvalue weighted by Gasteiger charge is 2.30. The Labute approximate surface area is 381 Å². The van der Waals surface area contributed by atoms with Gasteiger partial charge in [-0.15, -0.1) is 12.4 Å². The molecule has 0 saturated carbocycles. The smallest absolute Gasteiger partial charge is 0.410 e. The number of aromatic nitrogens is 6. The van der Waals surface area contributed by atoms with E-state index in [4.69, 9.17) is 29.2 Å². The molecule has 22 heteroatoms. The second-order valence-electron chi connectivity index (χ2n) is 14.7. The molecule has 59 heavy (non-hydrogen) atoms. The molecule has 2 fully saturated rings. The number of carbonyl (C=O) groups excluding carboxylic acids is 1. The molecule has 0 radical (unpaired) electrons. The van der Waals surface area contributed by atoms with E-state index in [2.05, 4.69) is 76.0 Å². The highest BCUT2D eigenvalue weighted by molar-refractivity contribution is 9.10. The number of fused-ring (bicyclic) bond motifs is 2. The third-order valence-corrected chi connectivity index (χ3v) is 14.6. The van der Waals surface area contributed by atoms with E-state index >= 15 is 0 Å². The molecular formula is C37H45Br2ClN10O5S4. The molecule has 1 amide bonds. The molecule has 0 bridgehead atoms. The Hall–Kier alpha value is -3.02. The van der Waals surface area contributed by atoms with Crippen LogP contribution in [0.2, 0.25) is 0 Å². The second kappa shape index (κ2) is 19.8. The standard InChI is InChI=1S/C22H28BrN5O4S2.C15H16BrN5OS2.ClH/c1-22(2,3)32-21(29)28-8-6-14(7-9-28)27(4)20-26-19-18(34-20)25-17(33-19)16-15(31-12-30-5)10-13(23)11-24-16;1-21(9-2-4-17-5-3-9)15-20-14-13(24-15)19-12(23-14)11-10(22)6-8(16)7-18-11;/h10-11,14H,6-9,12H2,1-5H3;6-7,9,17,22H,2-5H2,1H3;1H. The van der Waals surface area contributed by atoms with Crippen LogP contribution >= 0.6 is 89.6 Å². The Balaban J connectivity index is 0.000000206. The normalized spacial score (nSPS) is 15.2. The molecule has 15 nitrogen and oxygen atoms in total. The number of halogens is 3. The zero-order chi connectivity index (χ0) is 41.1. The lowest BCUT2D eigenvalue weighted by Gasteiger charge is -2.37. The molecule has 0 spiro atoms. The first-order valence-corrected chi connectivity index (χ1v) is 23.4. The molecule has 0 aromatic carbocycles. The average molecular weight is 1030 g/mol. The van der Waals surface area contributed by atoms with Gasteiger partial charge < -0.3 is 39.3 Å². The minimum Gasteiger partial charge on any atom is -0.506 e. The van der Waals surface area contributed by atoms with E-state index in [-0.39, 0.29) is 31.0 Å². The van der Waals surface area contributed by atoms with Gasteiger partial charge in [-0.05, 0) is 104 Å². The summed E-state index contributed by atoms with van der Waals surface area (Å²) in [6.07, 6.45) is 7.15. The Morgan fingerprint density at radius 3 is 1.86 bits per heavy atom. The first-order valence-electron chi connectivity index (χ1n) is 18.6. The average Bonchev–Trinajstić information content (AvgIpc) is 3.97. The third-order valence-electron chi connectivity index (χ3n) is 9.44. The Kier molecular flexibility index (Phi) is 15.3. The van der Waals surface area contributed by atoms with Crippen molar-refractivity contribution in [2.75, 3.05) is 64.0 Å². The van der Waals surface area contributed by atoms with Gasteiger partial charge in [0.15, 0.2) is 42.1 Å². The number of aromatic hydroxyl groups is 1. The molecule has 0 aliphatic carbocycles. The third kappa shape index (κ3) is 11.1. The van der Waals surface area contributed by atoms with Crippen molar-refractivity contribution in [3.05, 3.63) is 33.5 Å². The summed E-state index contributed by atoms with van der Waals surface area (Å²) in [5.74, 6) is 0.726. The number of rotatable bonds is 9. The van der Waals surface area contributed by atoms with Crippen LogP contribution in [-0.4, -0.2) is 118 Å². The topological polar surface area (TPSA) is 164 Å². The molecule has 6 aromatic rings. The van der Waals surface area contributed by atoms with Gasteiger partial charge in [-0.1, -0.05) is 45.3 Å². The number of piperidine rings is 2. The predicted molar refractivity (Wildman–Crippen MR) is 247 cm³/mol. The van der Waals surface area contributed by atoms with Gasteiger partial charge in [0.05, 0.1) is 0 Å². The molecule has 8 rings (SSSR count). The number of methoxy groups -OCH3 is 1. The highest BCUT2D eigenvalue weighted by Crippen LogP contribution is 2.41. The Bertz CT molecular complexity index is 2300. The van der Waals surface area contributed by atoms with Crippen molar-refractivity contribution in [2.24, 2.45) is 0 Å². The van der Waals surface area contributed by atoms with E-state index in [1.165, 1.54) is 22.7 Å². The Morgan fingerprint density at radius 2 is 1.34 bits per heavy atom. The summed E-state index contributed by atoms with van der Waals surface area (Å²) >= 11 is 12.8. The largest absolute Gasteiger partial charge is 0.506 e. The molecular weight excluding hydrogens is 988 g/mol. The summed E-state index contributed by atoms with van der Waals surface area (Å²) in [6.45, 7) is 9.26. The summed E-state index contributed by atoms with van der Waals surface area (Å²) < 4.78 is 17.8. The summed E-state index contributed by atoms with van der Waals surface area (Å²) in [4.78, 5) is 49.9. The number of likely N-dealkylation sites (tertiary alicyclic amines) is 1. The molecule has 2 aliphatic rings. The number of pyridine rings is 2. The number of nitrogens with one attached hydrogen (secondary N) is 1. The lowest BCUT2D eigenvalue weighted by molar-refractivity contribution is 0.0205. The Morgan fingerprint density at radius 1 is 0.831 bits per heavy atom. The quantitative estimate of drug-likeness (QED) is 0.132. The molecule has 6 aromatic heterocycles. The fourth-order valence-electron chi connectivity index (χ4n) is 6.44. The number of thiazole rings is 4. The van der Waals surface area contributed by atoms with E-state index in [9.17, 15) is 9.90 Å². The molecule has 2 N–H and O–H groups in total. The maximum atomic E-state index is 12.3. The second-order valence-corrected chi connectivity index (χ2v) is 20.4. The van der Waals surface area contributed by atoms with Gasteiger partial charge in [0.2, 0.25) is 0 Å². The van der Waals surface area contributed by atoms with Crippen LogP contribution in [0.3, 0.4) is 0 Å². The summed E-state index contributed by atoms with van der Waals surface area (Å²) in [5.41, 5.74) is 0.688. The number of nitrogens with zero attached hydrogens (tertiary/aromatic N) is 9. The van der Waals surface area contributed by atoms with Crippen LogP contribution in [0.15, 0.2) is 33.5 Å². The minimum absolute atomic E-state index is 0. The van der Waals surface area contributed by atoms with Crippen LogP contribution in [0.5, 0.6) is 11.5 Å². The number of ether oxygens (including phenoxy) is 3. The van der Waals surface area contributed by atoms with Gasteiger partial charge in [0.1, 0.15) is 32.8 Å². The van der Waals surface area contributed by atoms with Crippen molar-refractivity contribution in [3.63, 3.8) is 0 Å².